The summed E-state index contributed by atoms with van der Waals surface area (Å²) >= 11 is 0. The number of carbonyl (C=O) groups is 1. The minimum atomic E-state index is -3.74. The van der Waals surface area contributed by atoms with E-state index in [0.29, 0.717) is 30.4 Å². The Balaban J connectivity index is 2.19. The molecule has 0 aliphatic carbocycles. The number of carbonyl (C=O) groups excluding carboxylic acids is 1. The number of sulfonamides is 1. The molecule has 9 heteroatoms. The van der Waals surface area contributed by atoms with Crippen molar-refractivity contribution in [2.24, 2.45) is 0 Å². The van der Waals surface area contributed by atoms with Crippen LogP contribution in [0.5, 0.6) is 11.5 Å². The van der Waals surface area contributed by atoms with Gasteiger partial charge in [0.1, 0.15) is 0 Å². The van der Waals surface area contributed by atoms with Crippen molar-refractivity contribution < 1.29 is 27.1 Å². The Morgan fingerprint density at radius 3 is 2.40 bits per heavy atom. The number of nitrogens with one attached hydrogen (secondary N) is 2. The predicted octanol–water partition coefficient (Wildman–Crippen LogP) is 2.24. The SMILES string of the molecule is CCOc1ccc(NC(=O)c2ccc(S(=O)(=O)NC)o2)cc1OCC. The van der Waals surface area contributed by atoms with E-state index in [9.17, 15) is 13.2 Å². The van der Waals surface area contributed by atoms with Crippen LogP contribution in [-0.2, 0) is 10.0 Å². The second-order valence-corrected chi connectivity index (χ2v) is 6.63. The Labute approximate surface area is 146 Å². The van der Waals surface area contributed by atoms with Crippen LogP contribution in [0.15, 0.2) is 39.8 Å². The van der Waals surface area contributed by atoms with Crippen molar-refractivity contribution >= 4 is 21.6 Å². The number of furan rings is 1. The molecule has 136 valence electrons. The third-order valence-corrected chi connectivity index (χ3v) is 4.43. The number of anilines is 1. The van der Waals surface area contributed by atoms with Crippen LogP contribution >= 0.6 is 0 Å². The molecule has 1 amide bonds. The molecule has 2 rings (SSSR count). The van der Waals surface area contributed by atoms with Crippen molar-refractivity contribution in [3.8, 4) is 11.5 Å². The zero-order valence-electron chi connectivity index (χ0n) is 14.2. The standard InChI is InChI=1S/C16H20N2O6S/c1-4-22-12-7-6-11(10-14(12)23-5-2)18-16(19)13-8-9-15(24-13)25(20,21)17-3/h6-10,17H,4-5H2,1-3H3,(H,18,19). The smallest absolute Gasteiger partial charge is 0.291 e. The first-order chi connectivity index (χ1) is 11.9. The fourth-order valence-corrected chi connectivity index (χ4v) is 2.66. The second kappa shape index (κ2) is 8.04. The average Bonchev–Trinajstić information content (AvgIpc) is 3.09. The number of ether oxygens (including phenoxy) is 2. The van der Waals surface area contributed by atoms with Gasteiger partial charge in [-0.15, -0.1) is 0 Å². The molecule has 0 unspecified atom stereocenters. The number of benzene rings is 1. The van der Waals surface area contributed by atoms with E-state index in [0.717, 1.165) is 0 Å². The Kier molecular flexibility index (Phi) is 6.05. The zero-order valence-corrected chi connectivity index (χ0v) is 15.0. The van der Waals surface area contributed by atoms with Gasteiger partial charge in [-0.25, -0.2) is 13.1 Å². The Hall–Kier alpha value is -2.52. The highest BCUT2D eigenvalue weighted by atomic mass is 32.2. The summed E-state index contributed by atoms with van der Waals surface area (Å²) in [6.07, 6.45) is 0. The van der Waals surface area contributed by atoms with Gasteiger partial charge in [-0.3, -0.25) is 4.79 Å². The summed E-state index contributed by atoms with van der Waals surface area (Å²) in [5.74, 6) is 0.368. The lowest BCUT2D eigenvalue weighted by atomic mass is 10.2. The van der Waals surface area contributed by atoms with Gasteiger partial charge >= 0.3 is 0 Å². The molecule has 2 N–H and O–H groups in total. The van der Waals surface area contributed by atoms with E-state index >= 15 is 0 Å². The van der Waals surface area contributed by atoms with Crippen molar-refractivity contribution in [2.75, 3.05) is 25.6 Å². The maximum Gasteiger partial charge on any atom is 0.291 e. The normalized spacial score (nSPS) is 11.2. The molecule has 0 saturated carbocycles. The van der Waals surface area contributed by atoms with E-state index in [1.54, 1.807) is 18.2 Å². The Morgan fingerprint density at radius 1 is 1.08 bits per heavy atom. The van der Waals surface area contributed by atoms with Crippen LogP contribution in [0.2, 0.25) is 0 Å². The first-order valence-electron chi connectivity index (χ1n) is 7.65. The van der Waals surface area contributed by atoms with Gasteiger partial charge in [-0.05, 0) is 45.2 Å². The van der Waals surface area contributed by atoms with Crippen LogP contribution < -0.4 is 19.5 Å². The summed E-state index contributed by atoms with van der Waals surface area (Å²) in [5.41, 5.74) is 0.464. The molecule has 1 aromatic carbocycles. The van der Waals surface area contributed by atoms with Crippen molar-refractivity contribution in [2.45, 2.75) is 18.9 Å². The van der Waals surface area contributed by atoms with Crippen LogP contribution in [0.25, 0.3) is 0 Å². The van der Waals surface area contributed by atoms with Crippen LogP contribution in [0.4, 0.5) is 5.69 Å². The zero-order chi connectivity index (χ0) is 18.4. The summed E-state index contributed by atoms with van der Waals surface area (Å²) in [4.78, 5) is 12.2. The fourth-order valence-electron chi connectivity index (χ4n) is 2.01. The first-order valence-corrected chi connectivity index (χ1v) is 9.14. The van der Waals surface area contributed by atoms with Crippen LogP contribution in [0, 0.1) is 0 Å². The maximum absolute atomic E-state index is 12.2. The van der Waals surface area contributed by atoms with E-state index < -0.39 is 15.9 Å². The van der Waals surface area contributed by atoms with Gasteiger partial charge in [-0.1, -0.05) is 0 Å². The van der Waals surface area contributed by atoms with Crippen molar-refractivity contribution in [1.29, 1.82) is 0 Å². The summed E-state index contributed by atoms with van der Waals surface area (Å²) in [7, 11) is -2.49. The maximum atomic E-state index is 12.2. The lowest BCUT2D eigenvalue weighted by molar-refractivity contribution is 0.0991. The highest BCUT2D eigenvalue weighted by molar-refractivity contribution is 7.89. The molecule has 1 heterocycles. The molecule has 1 aromatic heterocycles. The predicted molar refractivity (Wildman–Crippen MR) is 91.7 cm³/mol. The summed E-state index contributed by atoms with van der Waals surface area (Å²) in [6.45, 7) is 4.63. The van der Waals surface area contributed by atoms with E-state index in [1.807, 2.05) is 13.8 Å². The summed E-state index contributed by atoms with van der Waals surface area (Å²) in [5, 5.41) is 2.29. The molecule has 0 radical (unpaired) electrons. The summed E-state index contributed by atoms with van der Waals surface area (Å²) in [6, 6.07) is 7.46. The van der Waals surface area contributed by atoms with Gasteiger partial charge in [0.05, 0.1) is 13.2 Å². The molecule has 0 saturated heterocycles. The largest absolute Gasteiger partial charge is 0.490 e. The molecular formula is C16H20N2O6S. The molecule has 0 aliphatic rings. The minimum absolute atomic E-state index is 0.124. The van der Waals surface area contributed by atoms with Gasteiger partial charge in [0, 0.05) is 11.8 Å². The molecule has 2 aromatic rings. The van der Waals surface area contributed by atoms with Crippen LogP contribution in [0.3, 0.4) is 0 Å². The lowest BCUT2D eigenvalue weighted by Crippen LogP contribution is -2.18. The molecule has 25 heavy (non-hydrogen) atoms. The molecule has 0 fully saturated rings. The highest BCUT2D eigenvalue weighted by Gasteiger charge is 2.20. The quantitative estimate of drug-likeness (QED) is 0.740. The highest BCUT2D eigenvalue weighted by Crippen LogP contribution is 2.31. The Morgan fingerprint density at radius 2 is 1.76 bits per heavy atom. The van der Waals surface area contributed by atoms with Crippen LogP contribution in [-0.4, -0.2) is 34.6 Å². The van der Waals surface area contributed by atoms with Gasteiger partial charge in [0.25, 0.3) is 15.9 Å². The molecule has 8 nitrogen and oxygen atoms in total. The van der Waals surface area contributed by atoms with Gasteiger partial charge in [0.2, 0.25) is 5.09 Å². The Bertz CT molecular complexity index is 844. The van der Waals surface area contributed by atoms with E-state index in [4.69, 9.17) is 13.9 Å². The van der Waals surface area contributed by atoms with Crippen molar-refractivity contribution in [3.63, 3.8) is 0 Å². The number of amides is 1. The van der Waals surface area contributed by atoms with Crippen molar-refractivity contribution in [1.82, 2.24) is 4.72 Å². The molecule has 0 bridgehead atoms. The van der Waals surface area contributed by atoms with E-state index in [-0.39, 0.29) is 10.9 Å². The lowest BCUT2D eigenvalue weighted by Gasteiger charge is -2.12. The minimum Gasteiger partial charge on any atom is -0.490 e. The van der Waals surface area contributed by atoms with Gasteiger partial charge in [0.15, 0.2) is 17.3 Å². The number of hydrogen-bond donors (Lipinski definition) is 2. The molecular weight excluding hydrogens is 348 g/mol. The van der Waals surface area contributed by atoms with Crippen molar-refractivity contribution in [3.05, 3.63) is 36.1 Å². The van der Waals surface area contributed by atoms with Crippen LogP contribution in [0.1, 0.15) is 24.4 Å². The fraction of sp³-hybridized carbons (Fsp3) is 0.312. The van der Waals surface area contributed by atoms with Gasteiger partial charge < -0.3 is 19.2 Å². The topological polar surface area (TPSA) is 107 Å². The van der Waals surface area contributed by atoms with Gasteiger partial charge in [-0.2, -0.15) is 0 Å². The monoisotopic (exact) mass is 368 g/mol. The first kappa shape index (κ1) is 18.8. The summed E-state index contributed by atoms with van der Waals surface area (Å²) < 4.78 is 41.4. The number of rotatable bonds is 8. The van der Waals surface area contributed by atoms with E-state index in [2.05, 4.69) is 10.0 Å². The third-order valence-electron chi connectivity index (χ3n) is 3.14. The third kappa shape index (κ3) is 4.52. The molecule has 0 spiro atoms. The average molecular weight is 368 g/mol. The molecule has 0 atom stereocenters. The molecule has 0 aliphatic heterocycles. The second-order valence-electron chi connectivity index (χ2n) is 4.81. The number of hydrogen-bond acceptors (Lipinski definition) is 6. The van der Waals surface area contributed by atoms with E-state index in [1.165, 1.54) is 19.2 Å².